The first-order valence-electron chi connectivity index (χ1n) is 7.84. The molecule has 0 fully saturated rings. The van der Waals surface area contributed by atoms with Crippen LogP contribution in [-0.4, -0.2) is 19.1 Å². The second kappa shape index (κ2) is 8.88. The molecule has 0 aliphatic heterocycles. The monoisotopic (exact) mass is 297 g/mol. The molecule has 116 valence electrons. The lowest BCUT2D eigenvalue weighted by molar-refractivity contribution is 0.0500. The summed E-state index contributed by atoms with van der Waals surface area (Å²) in [7, 11) is 0. The van der Waals surface area contributed by atoms with Crippen LogP contribution in [0.2, 0.25) is 0 Å². The smallest absolute Gasteiger partial charge is 0.338 e. The maximum absolute atomic E-state index is 11.9. The number of hydrogen-bond acceptors (Lipinski definition) is 3. The van der Waals surface area contributed by atoms with Gasteiger partial charge in [-0.05, 0) is 36.6 Å². The fourth-order valence-electron chi connectivity index (χ4n) is 2.14. The van der Waals surface area contributed by atoms with E-state index in [9.17, 15) is 4.79 Å². The Labute approximate surface area is 132 Å². The van der Waals surface area contributed by atoms with Crippen molar-refractivity contribution in [2.75, 3.05) is 18.5 Å². The summed E-state index contributed by atoms with van der Waals surface area (Å²) < 4.78 is 5.23. The fraction of sp³-hybridized carbons (Fsp3) is 0.316. The lowest BCUT2D eigenvalue weighted by atomic mass is 10.1. The second-order valence-corrected chi connectivity index (χ2v) is 5.23. The van der Waals surface area contributed by atoms with Crippen molar-refractivity contribution in [2.24, 2.45) is 0 Å². The molecular weight excluding hydrogens is 274 g/mol. The molecule has 0 heterocycles. The molecular formula is C19H23NO2. The van der Waals surface area contributed by atoms with Crippen LogP contribution in [0.15, 0.2) is 54.6 Å². The van der Waals surface area contributed by atoms with E-state index in [1.165, 1.54) is 5.56 Å². The number of carbonyl (C=O) groups is 1. The molecule has 0 saturated carbocycles. The number of ether oxygens (including phenoxy) is 1. The molecule has 2 rings (SSSR count). The number of nitrogens with one attached hydrogen (secondary N) is 1. The second-order valence-electron chi connectivity index (χ2n) is 5.23. The van der Waals surface area contributed by atoms with Gasteiger partial charge in [-0.25, -0.2) is 4.79 Å². The summed E-state index contributed by atoms with van der Waals surface area (Å²) in [4.78, 5) is 11.9. The highest BCUT2D eigenvalue weighted by atomic mass is 16.5. The third-order valence-electron chi connectivity index (χ3n) is 3.41. The van der Waals surface area contributed by atoms with Gasteiger partial charge in [0.05, 0.1) is 12.2 Å². The number of unbranched alkanes of at least 4 members (excludes halogenated alkanes) is 1. The van der Waals surface area contributed by atoms with Crippen LogP contribution in [0.5, 0.6) is 0 Å². The van der Waals surface area contributed by atoms with Crippen molar-refractivity contribution in [3.63, 3.8) is 0 Å². The molecule has 0 atom stereocenters. The number of rotatable bonds is 8. The topological polar surface area (TPSA) is 38.3 Å². The zero-order valence-electron chi connectivity index (χ0n) is 13.0. The highest BCUT2D eigenvalue weighted by Gasteiger charge is 2.07. The standard InChI is InChI=1S/C19H23NO2/c1-2-3-14-22-19(21)17-10-7-11-18(15-17)20-13-12-16-8-5-4-6-9-16/h4-11,15,20H,2-3,12-14H2,1H3. The summed E-state index contributed by atoms with van der Waals surface area (Å²) >= 11 is 0. The first-order chi connectivity index (χ1) is 10.8. The molecule has 0 amide bonds. The summed E-state index contributed by atoms with van der Waals surface area (Å²) in [5, 5.41) is 3.35. The predicted molar refractivity (Wildman–Crippen MR) is 90.3 cm³/mol. The average molecular weight is 297 g/mol. The molecule has 22 heavy (non-hydrogen) atoms. The Kier molecular flexibility index (Phi) is 6.49. The van der Waals surface area contributed by atoms with Crippen molar-refractivity contribution in [3.8, 4) is 0 Å². The van der Waals surface area contributed by atoms with Crippen LogP contribution in [0.1, 0.15) is 35.7 Å². The van der Waals surface area contributed by atoms with Gasteiger partial charge in [0.25, 0.3) is 0 Å². The molecule has 0 spiro atoms. The minimum atomic E-state index is -0.250. The average Bonchev–Trinajstić information content (AvgIpc) is 2.56. The highest BCUT2D eigenvalue weighted by molar-refractivity contribution is 5.90. The molecule has 0 radical (unpaired) electrons. The molecule has 0 aliphatic rings. The van der Waals surface area contributed by atoms with Gasteiger partial charge in [0.2, 0.25) is 0 Å². The van der Waals surface area contributed by atoms with Crippen LogP contribution < -0.4 is 5.32 Å². The van der Waals surface area contributed by atoms with E-state index in [4.69, 9.17) is 4.74 Å². The van der Waals surface area contributed by atoms with E-state index in [1.54, 1.807) is 6.07 Å². The van der Waals surface area contributed by atoms with Gasteiger partial charge in [-0.2, -0.15) is 0 Å². The summed E-state index contributed by atoms with van der Waals surface area (Å²) in [6.45, 7) is 3.39. The third-order valence-corrected chi connectivity index (χ3v) is 3.41. The third kappa shape index (κ3) is 5.24. The van der Waals surface area contributed by atoms with E-state index in [-0.39, 0.29) is 5.97 Å². The van der Waals surface area contributed by atoms with E-state index in [0.29, 0.717) is 12.2 Å². The van der Waals surface area contributed by atoms with Gasteiger partial charge < -0.3 is 10.1 Å². The maximum Gasteiger partial charge on any atom is 0.338 e. The van der Waals surface area contributed by atoms with Gasteiger partial charge in [0.1, 0.15) is 0 Å². The Hall–Kier alpha value is -2.29. The Bertz CT molecular complexity index is 581. The van der Waals surface area contributed by atoms with Crippen molar-refractivity contribution in [1.29, 1.82) is 0 Å². The van der Waals surface area contributed by atoms with Crippen LogP contribution in [0, 0.1) is 0 Å². The maximum atomic E-state index is 11.9. The Morgan fingerprint density at radius 2 is 1.91 bits per heavy atom. The number of hydrogen-bond donors (Lipinski definition) is 1. The molecule has 0 bridgehead atoms. The molecule has 0 saturated heterocycles. The van der Waals surface area contributed by atoms with Crippen LogP contribution in [0.4, 0.5) is 5.69 Å². The van der Waals surface area contributed by atoms with E-state index < -0.39 is 0 Å². The number of carbonyl (C=O) groups excluding carboxylic acids is 1. The van der Waals surface area contributed by atoms with Crippen LogP contribution in [-0.2, 0) is 11.2 Å². The molecule has 0 aliphatic carbocycles. The minimum Gasteiger partial charge on any atom is -0.462 e. The van der Waals surface area contributed by atoms with Crippen molar-refractivity contribution < 1.29 is 9.53 Å². The zero-order valence-corrected chi connectivity index (χ0v) is 13.0. The molecule has 3 heteroatoms. The predicted octanol–water partition coefficient (Wildman–Crippen LogP) is 4.30. The van der Waals surface area contributed by atoms with E-state index in [1.807, 2.05) is 36.4 Å². The van der Waals surface area contributed by atoms with E-state index in [2.05, 4.69) is 24.4 Å². The molecule has 0 unspecified atom stereocenters. The van der Waals surface area contributed by atoms with Crippen molar-refractivity contribution >= 4 is 11.7 Å². The number of anilines is 1. The Balaban J connectivity index is 1.84. The SMILES string of the molecule is CCCCOC(=O)c1cccc(NCCc2ccccc2)c1. The molecule has 1 N–H and O–H groups in total. The molecule has 2 aromatic rings. The van der Waals surface area contributed by atoms with Crippen molar-refractivity contribution in [1.82, 2.24) is 0 Å². The quantitative estimate of drug-likeness (QED) is 0.583. The highest BCUT2D eigenvalue weighted by Crippen LogP contribution is 2.12. The Morgan fingerprint density at radius 3 is 2.68 bits per heavy atom. The van der Waals surface area contributed by atoms with Gasteiger partial charge in [-0.3, -0.25) is 0 Å². The first-order valence-corrected chi connectivity index (χ1v) is 7.84. The van der Waals surface area contributed by atoms with Crippen molar-refractivity contribution in [3.05, 3.63) is 65.7 Å². The first kappa shape index (κ1) is 16.1. The molecule has 3 nitrogen and oxygen atoms in total. The van der Waals surface area contributed by atoms with Crippen LogP contribution in [0.25, 0.3) is 0 Å². The van der Waals surface area contributed by atoms with E-state index in [0.717, 1.165) is 31.5 Å². The van der Waals surface area contributed by atoms with Gasteiger partial charge in [-0.15, -0.1) is 0 Å². The van der Waals surface area contributed by atoms with Crippen LogP contribution in [0.3, 0.4) is 0 Å². The van der Waals surface area contributed by atoms with Crippen molar-refractivity contribution in [2.45, 2.75) is 26.2 Å². The summed E-state index contributed by atoms with van der Waals surface area (Å²) in [5.74, 6) is -0.250. The van der Waals surface area contributed by atoms with Gasteiger partial charge in [0, 0.05) is 12.2 Å². The summed E-state index contributed by atoms with van der Waals surface area (Å²) in [5.41, 5.74) is 2.84. The zero-order chi connectivity index (χ0) is 15.6. The molecule has 2 aromatic carbocycles. The largest absolute Gasteiger partial charge is 0.462 e. The normalized spacial score (nSPS) is 10.2. The lowest BCUT2D eigenvalue weighted by Crippen LogP contribution is -2.08. The lowest BCUT2D eigenvalue weighted by Gasteiger charge is -2.09. The van der Waals surface area contributed by atoms with E-state index >= 15 is 0 Å². The van der Waals surface area contributed by atoms with Crippen LogP contribution >= 0.6 is 0 Å². The Morgan fingerprint density at radius 1 is 1.09 bits per heavy atom. The summed E-state index contributed by atoms with van der Waals surface area (Å²) in [6, 6.07) is 17.8. The van der Waals surface area contributed by atoms with Gasteiger partial charge >= 0.3 is 5.97 Å². The fourth-order valence-corrected chi connectivity index (χ4v) is 2.14. The minimum absolute atomic E-state index is 0.250. The number of benzene rings is 2. The van der Waals surface area contributed by atoms with Gasteiger partial charge in [-0.1, -0.05) is 49.7 Å². The van der Waals surface area contributed by atoms with Gasteiger partial charge in [0.15, 0.2) is 0 Å². The summed E-state index contributed by atoms with van der Waals surface area (Å²) in [6.07, 6.45) is 2.88. The molecule has 0 aromatic heterocycles. The number of esters is 1.